The molecule has 0 aliphatic rings. The molecule has 2 aromatic carbocycles. The normalized spacial score (nSPS) is 10.9. The van der Waals surface area contributed by atoms with Crippen LogP contribution in [-0.2, 0) is 4.79 Å². The summed E-state index contributed by atoms with van der Waals surface area (Å²) < 4.78 is 16.5. The highest BCUT2D eigenvalue weighted by Gasteiger charge is 2.07. The summed E-state index contributed by atoms with van der Waals surface area (Å²) in [5.74, 6) is 2.32. The number of hydrogen-bond donors (Lipinski definition) is 1. The zero-order chi connectivity index (χ0) is 20.5. The lowest BCUT2D eigenvalue weighted by atomic mass is 10.1. The molecule has 0 atom stereocenters. The Morgan fingerprint density at radius 1 is 1.04 bits per heavy atom. The second kappa shape index (κ2) is 10.4. The fraction of sp³-hybridized carbons (Fsp3) is 0.348. The standard InChI is InChI=1S/C23H29NO4/c1-16(2)12-13-28-21-10-7-18(15-22(21)27-5)8-11-23(25)24-19-14-17(3)6-9-20(19)26-4/h6-11,14-16H,12-13H2,1-5H3,(H,24,25)/b11-8+. The summed E-state index contributed by atoms with van der Waals surface area (Å²) in [6.07, 6.45) is 4.20. The van der Waals surface area contributed by atoms with E-state index in [1.54, 1.807) is 20.3 Å². The fourth-order valence-corrected chi connectivity index (χ4v) is 2.58. The Morgan fingerprint density at radius 2 is 1.75 bits per heavy atom. The second-order valence-corrected chi connectivity index (χ2v) is 6.97. The van der Waals surface area contributed by atoms with Gasteiger partial charge in [-0.15, -0.1) is 0 Å². The number of carbonyl (C=O) groups excluding carboxylic acids is 1. The Balaban J connectivity index is 2.05. The van der Waals surface area contributed by atoms with Crippen molar-refractivity contribution in [2.75, 3.05) is 26.1 Å². The van der Waals surface area contributed by atoms with E-state index in [0.29, 0.717) is 35.5 Å². The molecule has 1 N–H and O–H groups in total. The average Bonchev–Trinajstić information content (AvgIpc) is 2.67. The molecule has 0 bridgehead atoms. The quantitative estimate of drug-likeness (QED) is 0.613. The van der Waals surface area contributed by atoms with Gasteiger partial charge < -0.3 is 19.5 Å². The highest BCUT2D eigenvalue weighted by atomic mass is 16.5. The van der Waals surface area contributed by atoms with E-state index >= 15 is 0 Å². The zero-order valence-corrected chi connectivity index (χ0v) is 17.2. The van der Waals surface area contributed by atoms with Crippen molar-refractivity contribution in [2.45, 2.75) is 27.2 Å². The molecule has 0 heterocycles. The average molecular weight is 383 g/mol. The molecule has 0 aliphatic carbocycles. The number of hydrogen-bond acceptors (Lipinski definition) is 4. The van der Waals surface area contributed by atoms with Crippen molar-refractivity contribution in [3.8, 4) is 17.2 Å². The number of aryl methyl sites for hydroxylation is 1. The van der Waals surface area contributed by atoms with Crippen LogP contribution in [0.15, 0.2) is 42.5 Å². The number of nitrogens with one attached hydrogen (secondary N) is 1. The third-order valence-corrected chi connectivity index (χ3v) is 4.18. The molecule has 0 aromatic heterocycles. The van der Waals surface area contributed by atoms with Crippen LogP contribution < -0.4 is 19.5 Å². The van der Waals surface area contributed by atoms with Gasteiger partial charge in [0.15, 0.2) is 11.5 Å². The molecule has 2 aromatic rings. The summed E-state index contributed by atoms with van der Waals surface area (Å²) in [6.45, 7) is 6.92. The zero-order valence-electron chi connectivity index (χ0n) is 17.2. The van der Waals surface area contributed by atoms with Crippen molar-refractivity contribution >= 4 is 17.7 Å². The van der Waals surface area contributed by atoms with Gasteiger partial charge in [0.1, 0.15) is 5.75 Å². The third kappa shape index (κ3) is 6.34. The minimum atomic E-state index is -0.236. The van der Waals surface area contributed by atoms with Crippen molar-refractivity contribution in [1.82, 2.24) is 0 Å². The summed E-state index contributed by atoms with van der Waals surface area (Å²) in [5, 5.41) is 2.84. The highest BCUT2D eigenvalue weighted by Crippen LogP contribution is 2.29. The van der Waals surface area contributed by atoms with E-state index in [-0.39, 0.29) is 5.91 Å². The molecule has 150 valence electrons. The van der Waals surface area contributed by atoms with E-state index in [2.05, 4.69) is 19.2 Å². The Labute approximate surface area is 167 Å². The molecule has 0 fully saturated rings. The first-order chi connectivity index (χ1) is 13.4. The Bertz CT molecular complexity index is 827. The number of methoxy groups -OCH3 is 2. The van der Waals surface area contributed by atoms with Crippen LogP contribution in [0, 0.1) is 12.8 Å². The van der Waals surface area contributed by atoms with Crippen LogP contribution >= 0.6 is 0 Å². The molecule has 0 unspecified atom stereocenters. The van der Waals surface area contributed by atoms with Crippen LogP contribution in [0.3, 0.4) is 0 Å². The van der Waals surface area contributed by atoms with Crippen LogP contribution in [0.25, 0.3) is 6.08 Å². The maximum atomic E-state index is 12.3. The number of ether oxygens (including phenoxy) is 3. The lowest BCUT2D eigenvalue weighted by Gasteiger charge is -2.12. The van der Waals surface area contributed by atoms with Gasteiger partial charge in [0, 0.05) is 6.08 Å². The van der Waals surface area contributed by atoms with Gasteiger partial charge in [-0.2, -0.15) is 0 Å². The Morgan fingerprint density at radius 3 is 2.43 bits per heavy atom. The maximum Gasteiger partial charge on any atom is 0.248 e. The van der Waals surface area contributed by atoms with Gasteiger partial charge in [0.2, 0.25) is 5.91 Å². The number of amides is 1. The first-order valence-corrected chi connectivity index (χ1v) is 9.37. The smallest absolute Gasteiger partial charge is 0.248 e. The van der Waals surface area contributed by atoms with Gasteiger partial charge >= 0.3 is 0 Å². The van der Waals surface area contributed by atoms with Gasteiger partial charge in [-0.25, -0.2) is 0 Å². The number of carbonyl (C=O) groups is 1. The largest absolute Gasteiger partial charge is 0.495 e. The summed E-state index contributed by atoms with van der Waals surface area (Å²) in [5.41, 5.74) is 2.53. The number of rotatable bonds is 9. The van der Waals surface area contributed by atoms with Crippen molar-refractivity contribution in [3.05, 3.63) is 53.6 Å². The highest BCUT2D eigenvalue weighted by molar-refractivity contribution is 6.02. The van der Waals surface area contributed by atoms with Gasteiger partial charge in [-0.1, -0.05) is 26.0 Å². The van der Waals surface area contributed by atoms with E-state index in [1.807, 2.05) is 43.3 Å². The third-order valence-electron chi connectivity index (χ3n) is 4.18. The van der Waals surface area contributed by atoms with Gasteiger partial charge in [0.05, 0.1) is 26.5 Å². The van der Waals surface area contributed by atoms with E-state index < -0.39 is 0 Å². The lowest BCUT2D eigenvalue weighted by Crippen LogP contribution is -2.09. The van der Waals surface area contributed by atoms with Gasteiger partial charge in [-0.05, 0) is 60.7 Å². The topological polar surface area (TPSA) is 56.8 Å². The van der Waals surface area contributed by atoms with E-state index in [4.69, 9.17) is 14.2 Å². The first kappa shape index (κ1) is 21.4. The fourth-order valence-electron chi connectivity index (χ4n) is 2.58. The van der Waals surface area contributed by atoms with Crippen molar-refractivity contribution in [2.24, 2.45) is 5.92 Å². The summed E-state index contributed by atoms with van der Waals surface area (Å²) in [7, 11) is 3.18. The number of anilines is 1. The predicted molar refractivity (Wildman–Crippen MR) is 113 cm³/mol. The van der Waals surface area contributed by atoms with Crippen LogP contribution in [0.5, 0.6) is 17.2 Å². The minimum Gasteiger partial charge on any atom is -0.495 e. The van der Waals surface area contributed by atoms with E-state index in [1.165, 1.54) is 6.08 Å². The molecule has 28 heavy (non-hydrogen) atoms. The van der Waals surface area contributed by atoms with Crippen molar-refractivity contribution < 1.29 is 19.0 Å². The van der Waals surface area contributed by atoms with Gasteiger partial charge in [0.25, 0.3) is 0 Å². The summed E-state index contributed by atoms with van der Waals surface area (Å²) >= 11 is 0. The monoisotopic (exact) mass is 383 g/mol. The first-order valence-electron chi connectivity index (χ1n) is 9.37. The molecule has 0 spiro atoms. The molecule has 0 saturated carbocycles. The van der Waals surface area contributed by atoms with E-state index in [0.717, 1.165) is 17.5 Å². The predicted octanol–water partition coefficient (Wildman–Crippen LogP) is 5.09. The van der Waals surface area contributed by atoms with E-state index in [9.17, 15) is 4.79 Å². The molecule has 0 saturated heterocycles. The molecule has 0 radical (unpaired) electrons. The Kier molecular flexibility index (Phi) is 7.93. The van der Waals surface area contributed by atoms with Crippen LogP contribution in [0.1, 0.15) is 31.4 Å². The summed E-state index contributed by atoms with van der Waals surface area (Å²) in [6, 6.07) is 11.2. The van der Waals surface area contributed by atoms with Crippen LogP contribution in [0.2, 0.25) is 0 Å². The number of benzene rings is 2. The SMILES string of the molecule is COc1ccc(C)cc1NC(=O)/C=C/c1ccc(OCCC(C)C)c(OC)c1. The Hall–Kier alpha value is -2.95. The molecule has 1 amide bonds. The molecule has 0 aliphatic heterocycles. The molecule has 5 nitrogen and oxygen atoms in total. The molecular formula is C23H29NO4. The van der Waals surface area contributed by atoms with Crippen LogP contribution in [0.4, 0.5) is 5.69 Å². The van der Waals surface area contributed by atoms with Crippen molar-refractivity contribution in [1.29, 1.82) is 0 Å². The van der Waals surface area contributed by atoms with Crippen LogP contribution in [-0.4, -0.2) is 26.7 Å². The molecular weight excluding hydrogens is 354 g/mol. The molecule has 2 rings (SSSR count). The molecule has 5 heteroatoms. The van der Waals surface area contributed by atoms with Gasteiger partial charge in [-0.3, -0.25) is 4.79 Å². The summed E-state index contributed by atoms with van der Waals surface area (Å²) in [4.78, 5) is 12.3. The lowest BCUT2D eigenvalue weighted by molar-refractivity contribution is -0.111. The minimum absolute atomic E-state index is 0.236. The second-order valence-electron chi connectivity index (χ2n) is 6.97. The van der Waals surface area contributed by atoms with Crippen molar-refractivity contribution in [3.63, 3.8) is 0 Å². The maximum absolute atomic E-state index is 12.3.